The monoisotopic (exact) mass is 275 g/mol. The Balaban J connectivity index is 2.54. The van der Waals surface area contributed by atoms with E-state index in [4.69, 9.17) is 4.74 Å². The molecular formula is C10H11BrFNO2. The van der Waals surface area contributed by atoms with Crippen molar-refractivity contribution in [2.75, 3.05) is 6.61 Å². The summed E-state index contributed by atoms with van der Waals surface area (Å²) in [5.41, 5.74) is 0.422. The molecule has 0 aliphatic carbocycles. The maximum Gasteiger partial charge on any atom is 0.306 e. The largest absolute Gasteiger partial charge is 0.466 e. The van der Waals surface area contributed by atoms with Gasteiger partial charge in [-0.1, -0.05) is 6.07 Å². The highest BCUT2D eigenvalue weighted by Gasteiger charge is 2.07. The third-order valence-corrected chi connectivity index (χ3v) is 2.24. The molecule has 1 heterocycles. The van der Waals surface area contributed by atoms with Crippen LogP contribution in [0.15, 0.2) is 16.7 Å². The van der Waals surface area contributed by atoms with E-state index in [0.29, 0.717) is 23.2 Å². The highest BCUT2D eigenvalue weighted by molar-refractivity contribution is 9.10. The molecule has 1 rings (SSSR count). The Hall–Kier alpha value is -0.970. The Kier molecular flexibility index (Phi) is 4.68. The quantitative estimate of drug-likeness (QED) is 0.626. The number of carbonyl (C=O) groups excluding carboxylic acids is 1. The zero-order valence-electron chi connectivity index (χ0n) is 8.30. The number of hydrogen-bond acceptors (Lipinski definition) is 3. The van der Waals surface area contributed by atoms with Crippen LogP contribution in [-0.2, 0) is 16.0 Å². The molecule has 0 fully saturated rings. The molecule has 0 aromatic carbocycles. The zero-order chi connectivity index (χ0) is 11.3. The number of pyridine rings is 1. The Morgan fingerprint density at radius 1 is 1.60 bits per heavy atom. The van der Waals surface area contributed by atoms with Gasteiger partial charge in [0.15, 0.2) is 0 Å². The van der Waals surface area contributed by atoms with Crippen LogP contribution in [0.2, 0.25) is 0 Å². The molecule has 0 amide bonds. The van der Waals surface area contributed by atoms with Crippen molar-refractivity contribution in [3.8, 4) is 0 Å². The van der Waals surface area contributed by atoms with Gasteiger partial charge in [-0.15, -0.1) is 0 Å². The van der Waals surface area contributed by atoms with Crippen LogP contribution >= 0.6 is 15.9 Å². The summed E-state index contributed by atoms with van der Waals surface area (Å²) < 4.78 is 18.4. The SMILES string of the molecule is CCOC(=O)CCc1ccc(Br)nc1F. The summed E-state index contributed by atoms with van der Waals surface area (Å²) in [4.78, 5) is 14.6. The van der Waals surface area contributed by atoms with E-state index in [1.165, 1.54) is 0 Å². The molecule has 0 atom stereocenters. The summed E-state index contributed by atoms with van der Waals surface area (Å²) in [6.07, 6.45) is 0.485. The van der Waals surface area contributed by atoms with Crippen LogP contribution < -0.4 is 0 Å². The van der Waals surface area contributed by atoms with Crippen molar-refractivity contribution in [2.24, 2.45) is 0 Å². The van der Waals surface area contributed by atoms with E-state index in [0.717, 1.165) is 0 Å². The summed E-state index contributed by atoms with van der Waals surface area (Å²) in [6.45, 7) is 2.08. The van der Waals surface area contributed by atoms with Gasteiger partial charge in [-0.05, 0) is 35.3 Å². The molecule has 15 heavy (non-hydrogen) atoms. The summed E-state index contributed by atoms with van der Waals surface area (Å²) in [5.74, 6) is -0.867. The first kappa shape index (κ1) is 12.1. The second-order valence-electron chi connectivity index (χ2n) is 2.89. The fraction of sp³-hybridized carbons (Fsp3) is 0.400. The van der Waals surface area contributed by atoms with Gasteiger partial charge in [-0.2, -0.15) is 4.39 Å². The van der Waals surface area contributed by atoms with E-state index < -0.39 is 5.95 Å². The minimum atomic E-state index is -0.548. The maximum absolute atomic E-state index is 13.2. The van der Waals surface area contributed by atoms with Crippen LogP contribution in [0.1, 0.15) is 18.9 Å². The van der Waals surface area contributed by atoms with Gasteiger partial charge in [0.05, 0.1) is 6.61 Å². The van der Waals surface area contributed by atoms with Gasteiger partial charge in [0.1, 0.15) is 4.60 Å². The van der Waals surface area contributed by atoms with Crippen molar-refractivity contribution in [2.45, 2.75) is 19.8 Å². The molecule has 3 nitrogen and oxygen atoms in total. The van der Waals surface area contributed by atoms with Crippen molar-refractivity contribution in [3.05, 3.63) is 28.2 Å². The van der Waals surface area contributed by atoms with E-state index in [2.05, 4.69) is 20.9 Å². The van der Waals surface area contributed by atoms with E-state index in [9.17, 15) is 9.18 Å². The third kappa shape index (κ3) is 3.95. The number of aromatic nitrogens is 1. The standard InChI is InChI=1S/C10H11BrFNO2/c1-2-15-9(14)6-4-7-3-5-8(11)13-10(7)12/h3,5H,2,4,6H2,1H3. The number of ether oxygens (including phenoxy) is 1. The molecule has 0 saturated carbocycles. The molecule has 0 aliphatic rings. The highest BCUT2D eigenvalue weighted by atomic mass is 79.9. The molecule has 5 heteroatoms. The molecule has 1 aromatic heterocycles. The first-order chi connectivity index (χ1) is 7.13. The molecule has 0 bridgehead atoms. The van der Waals surface area contributed by atoms with Crippen molar-refractivity contribution < 1.29 is 13.9 Å². The number of esters is 1. The molecule has 0 aliphatic heterocycles. The highest BCUT2D eigenvalue weighted by Crippen LogP contribution is 2.12. The number of aryl methyl sites for hydroxylation is 1. The van der Waals surface area contributed by atoms with Crippen LogP contribution in [0.5, 0.6) is 0 Å². The minimum absolute atomic E-state index is 0.175. The van der Waals surface area contributed by atoms with Gasteiger partial charge in [-0.25, -0.2) is 4.98 Å². The zero-order valence-corrected chi connectivity index (χ0v) is 9.88. The summed E-state index contributed by atoms with van der Waals surface area (Å²) in [7, 11) is 0. The first-order valence-corrected chi connectivity index (χ1v) is 5.39. The maximum atomic E-state index is 13.2. The molecule has 0 saturated heterocycles. The van der Waals surface area contributed by atoms with Gasteiger partial charge in [0.25, 0.3) is 0 Å². The fourth-order valence-corrected chi connectivity index (χ4v) is 1.39. The predicted octanol–water partition coefficient (Wildman–Crippen LogP) is 2.48. The smallest absolute Gasteiger partial charge is 0.306 e. The van der Waals surface area contributed by atoms with Crippen molar-refractivity contribution in [1.82, 2.24) is 4.98 Å². The van der Waals surface area contributed by atoms with Crippen LogP contribution in [0.4, 0.5) is 4.39 Å². The first-order valence-electron chi connectivity index (χ1n) is 4.60. The second-order valence-corrected chi connectivity index (χ2v) is 3.70. The van der Waals surface area contributed by atoms with Gasteiger partial charge >= 0.3 is 5.97 Å². The van der Waals surface area contributed by atoms with Crippen molar-refractivity contribution in [1.29, 1.82) is 0 Å². The Bertz CT molecular complexity index is 357. The molecule has 0 radical (unpaired) electrons. The minimum Gasteiger partial charge on any atom is -0.466 e. The normalized spacial score (nSPS) is 10.1. The van der Waals surface area contributed by atoms with E-state index in [1.807, 2.05) is 0 Å². The van der Waals surface area contributed by atoms with Gasteiger partial charge in [-0.3, -0.25) is 4.79 Å². The lowest BCUT2D eigenvalue weighted by atomic mass is 10.1. The average Bonchev–Trinajstić information content (AvgIpc) is 2.17. The molecular weight excluding hydrogens is 265 g/mol. The topological polar surface area (TPSA) is 39.2 Å². The van der Waals surface area contributed by atoms with Gasteiger partial charge in [0.2, 0.25) is 5.95 Å². The molecule has 0 unspecified atom stereocenters. The lowest BCUT2D eigenvalue weighted by molar-refractivity contribution is -0.143. The van der Waals surface area contributed by atoms with Crippen LogP contribution in [0, 0.1) is 5.95 Å². The lowest BCUT2D eigenvalue weighted by Crippen LogP contribution is -2.06. The predicted molar refractivity (Wildman–Crippen MR) is 56.8 cm³/mol. The Morgan fingerprint density at radius 2 is 2.33 bits per heavy atom. The summed E-state index contributed by atoms with van der Waals surface area (Å²) in [5, 5.41) is 0. The fourth-order valence-electron chi connectivity index (χ4n) is 1.10. The van der Waals surface area contributed by atoms with E-state index >= 15 is 0 Å². The van der Waals surface area contributed by atoms with Crippen molar-refractivity contribution >= 4 is 21.9 Å². The summed E-state index contributed by atoms with van der Waals surface area (Å²) in [6, 6.07) is 3.25. The molecule has 82 valence electrons. The molecule has 0 N–H and O–H groups in total. The van der Waals surface area contributed by atoms with Crippen LogP contribution in [-0.4, -0.2) is 17.6 Å². The van der Waals surface area contributed by atoms with E-state index in [1.54, 1.807) is 19.1 Å². The Labute approximate surface area is 95.8 Å². The average molecular weight is 276 g/mol. The molecule has 1 aromatic rings. The van der Waals surface area contributed by atoms with Crippen LogP contribution in [0.3, 0.4) is 0 Å². The number of halogens is 2. The third-order valence-electron chi connectivity index (χ3n) is 1.80. The van der Waals surface area contributed by atoms with Crippen LogP contribution in [0.25, 0.3) is 0 Å². The number of hydrogen-bond donors (Lipinski definition) is 0. The number of nitrogens with zero attached hydrogens (tertiary/aromatic N) is 1. The van der Waals surface area contributed by atoms with Gasteiger partial charge in [0, 0.05) is 12.0 Å². The lowest BCUT2D eigenvalue weighted by Gasteiger charge is -2.03. The second kappa shape index (κ2) is 5.80. The molecule has 0 spiro atoms. The van der Waals surface area contributed by atoms with Gasteiger partial charge < -0.3 is 4.74 Å². The number of carbonyl (C=O) groups is 1. The number of rotatable bonds is 4. The summed E-state index contributed by atoms with van der Waals surface area (Å²) >= 11 is 3.06. The van der Waals surface area contributed by atoms with E-state index in [-0.39, 0.29) is 12.4 Å². The Morgan fingerprint density at radius 3 is 2.93 bits per heavy atom. The van der Waals surface area contributed by atoms with Crippen molar-refractivity contribution in [3.63, 3.8) is 0 Å².